The van der Waals surface area contributed by atoms with Crippen molar-refractivity contribution in [3.05, 3.63) is 89.0 Å². The van der Waals surface area contributed by atoms with Crippen LogP contribution in [0.25, 0.3) is 0 Å². The van der Waals surface area contributed by atoms with Crippen LogP contribution in [0.5, 0.6) is 11.5 Å². The minimum absolute atomic E-state index is 0.173. The van der Waals surface area contributed by atoms with Gasteiger partial charge in [0, 0.05) is 23.9 Å². The number of ketones is 2. The van der Waals surface area contributed by atoms with Crippen molar-refractivity contribution in [1.82, 2.24) is 0 Å². The number of fused-ring (bicyclic) bond motifs is 2. The molecule has 0 radical (unpaired) electrons. The minimum Gasteiger partial charge on any atom is -0.457 e. The number of hydrogen-bond donors (Lipinski definition) is 1. The first kappa shape index (κ1) is 15.1. The average Bonchev–Trinajstić information content (AvgIpc) is 2.66. The third-order valence-electron chi connectivity index (χ3n) is 4.28. The SMILES string of the molecule is CNc1ccc(Oc2ccccc2)c2c1C(=O)c1ccccc1C2=O. The summed E-state index contributed by atoms with van der Waals surface area (Å²) in [4.78, 5) is 26.1. The topological polar surface area (TPSA) is 55.4 Å². The van der Waals surface area contributed by atoms with Gasteiger partial charge in [0.2, 0.25) is 0 Å². The molecule has 0 bridgehead atoms. The molecular formula is C21H15NO3. The third-order valence-corrected chi connectivity index (χ3v) is 4.28. The zero-order chi connectivity index (χ0) is 17.4. The van der Waals surface area contributed by atoms with Gasteiger partial charge in [-0.1, -0.05) is 42.5 Å². The van der Waals surface area contributed by atoms with Crippen LogP contribution in [0.4, 0.5) is 5.69 Å². The largest absolute Gasteiger partial charge is 0.457 e. The second-order valence-electron chi connectivity index (χ2n) is 5.73. The van der Waals surface area contributed by atoms with E-state index in [1.807, 2.05) is 18.2 Å². The molecule has 0 unspecified atom stereocenters. The summed E-state index contributed by atoms with van der Waals surface area (Å²) in [5.74, 6) is 0.621. The number of rotatable bonds is 3. The second-order valence-corrected chi connectivity index (χ2v) is 5.73. The fraction of sp³-hybridized carbons (Fsp3) is 0.0476. The highest BCUT2D eigenvalue weighted by atomic mass is 16.5. The van der Waals surface area contributed by atoms with Crippen LogP contribution < -0.4 is 10.1 Å². The molecule has 0 atom stereocenters. The fourth-order valence-corrected chi connectivity index (χ4v) is 3.10. The normalized spacial score (nSPS) is 12.4. The Morgan fingerprint density at radius 2 is 1.32 bits per heavy atom. The molecule has 0 saturated heterocycles. The molecule has 3 aromatic rings. The second kappa shape index (κ2) is 5.91. The van der Waals surface area contributed by atoms with Gasteiger partial charge in [-0.15, -0.1) is 0 Å². The van der Waals surface area contributed by atoms with E-state index >= 15 is 0 Å². The van der Waals surface area contributed by atoms with Crippen LogP contribution in [0.2, 0.25) is 0 Å². The van der Waals surface area contributed by atoms with Gasteiger partial charge in [-0.2, -0.15) is 0 Å². The van der Waals surface area contributed by atoms with Gasteiger partial charge in [0.1, 0.15) is 11.5 Å². The van der Waals surface area contributed by atoms with E-state index in [9.17, 15) is 9.59 Å². The average molecular weight is 329 g/mol. The Morgan fingerprint density at radius 1 is 0.720 bits per heavy atom. The maximum atomic E-state index is 13.1. The van der Waals surface area contributed by atoms with Crippen molar-refractivity contribution in [2.45, 2.75) is 0 Å². The quantitative estimate of drug-likeness (QED) is 0.609. The number of nitrogens with one attached hydrogen (secondary N) is 1. The van der Waals surface area contributed by atoms with Gasteiger partial charge in [-0.05, 0) is 24.3 Å². The van der Waals surface area contributed by atoms with Gasteiger partial charge >= 0.3 is 0 Å². The first-order chi connectivity index (χ1) is 12.2. The molecule has 4 nitrogen and oxygen atoms in total. The number of benzene rings is 3. The Labute approximate surface area is 145 Å². The maximum Gasteiger partial charge on any atom is 0.198 e. The Bertz CT molecular complexity index is 993. The molecule has 122 valence electrons. The van der Waals surface area contributed by atoms with Gasteiger partial charge in [0.15, 0.2) is 11.6 Å². The van der Waals surface area contributed by atoms with Crippen LogP contribution in [0.1, 0.15) is 31.8 Å². The van der Waals surface area contributed by atoms with Gasteiger partial charge in [0.25, 0.3) is 0 Å². The monoisotopic (exact) mass is 329 g/mol. The van der Waals surface area contributed by atoms with E-state index in [0.29, 0.717) is 39.4 Å². The molecule has 0 saturated carbocycles. The van der Waals surface area contributed by atoms with E-state index in [0.717, 1.165) is 0 Å². The molecule has 4 heteroatoms. The van der Waals surface area contributed by atoms with Gasteiger partial charge < -0.3 is 10.1 Å². The first-order valence-corrected chi connectivity index (χ1v) is 7.97. The zero-order valence-corrected chi connectivity index (χ0v) is 13.6. The minimum atomic E-state index is -0.201. The van der Waals surface area contributed by atoms with Crippen molar-refractivity contribution in [3.8, 4) is 11.5 Å². The van der Waals surface area contributed by atoms with E-state index in [1.54, 1.807) is 55.6 Å². The molecule has 0 aromatic heterocycles. The van der Waals surface area contributed by atoms with Crippen molar-refractivity contribution in [1.29, 1.82) is 0 Å². The van der Waals surface area contributed by atoms with Crippen LogP contribution in [-0.4, -0.2) is 18.6 Å². The number of carbonyl (C=O) groups excluding carboxylic acids is 2. The van der Waals surface area contributed by atoms with E-state index < -0.39 is 0 Å². The van der Waals surface area contributed by atoms with Crippen molar-refractivity contribution < 1.29 is 14.3 Å². The molecule has 1 aliphatic rings. The van der Waals surface area contributed by atoms with Crippen LogP contribution in [0.3, 0.4) is 0 Å². The Balaban J connectivity index is 1.93. The lowest BCUT2D eigenvalue weighted by atomic mass is 9.82. The van der Waals surface area contributed by atoms with E-state index in [1.165, 1.54) is 0 Å². The lowest BCUT2D eigenvalue weighted by Gasteiger charge is -2.22. The number of carbonyl (C=O) groups is 2. The van der Waals surface area contributed by atoms with Gasteiger partial charge in [-0.25, -0.2) is 0 Å². The molecule has 0 spiro atoms. The summed E-state index contributed by atoms with van der Waals surface area (Å²) in [7, 11) is 1.73. The molecule has 1 aliphatic carbocycles. The van der Waals surface area contributed by atoms with Gasteiger partial charge in [0.05, 0.1) is 11.1 Å². The van der Waals surface area contributed by atoms with Crippen molar-refractivity contribution >= 4 is 17.3 Å². The van der Waals surface area contributed by atoms with Crippen molar-refractivity contribution in [3.63, 3.8) is 0 Å². The van der Waals surface area contributed by atoms with Crippen LogP contribution in [0.15, 0.2) is 66.7 Å². The van der Waals surface area contributed by atoms with E-state index in [-0.39, 0.29) is 11.6 Å². The predicted octanol–water partition coefficient (Wildman–Crippen LogP) is 4.30. The van der Waals surface area contributed by atoms with Crippen molar-refractivity contribution in [2.75, 3.05) is 12.4 Å². The smallest absolute Gasteiger partial charge is 0.198 e. The number of ether oxygens (including phenoxy) is 1. The summed E-state index contributed by atoms with van der Waals surface area (Å²) >= 11 is 0. The van der Waals surface area contributed by atoms with Crippen LogP contribution >= 0.6 is 0 Å². The number of hydrogen-bond acceptors (Lipinski definition) is 4. The highest BCUT2D eigenvalue weighted by Crippen LogP contribution is 2.38. The zero-order valence-electron chi connectivity index (χ0n) is 13.6. The Morgan fingerprint density at radius 3 is 1.96 bits per heavy atom. The highest BCUT2D eigenvalue weighted by Gasteiger charge is 2.34. The number of anilines is 1. The van der Waals surface area contributed by atoms with Crippen LogP contribution in [-0.2, 0) is 0 Å². The highest BCUT2D eigenvalue weighted by molar-refractivity contribution is 6.31. The molecule has 0 heterocycles. The van der Waals surface area contributed by atoms with E-state index in [2.05, 4.69) is 5.32 Å². The van der Waals surface area contributed by atoms with Gasteiger partial charge in [-0.3, -0.25) is 9.59 Å². The molecule has 0 amide bonds. The molecule has 1 N–H and O–H groups in total. The lowest BCUT2D eigenvalue weighted by Crippen LogP contribution is -2.22. The van der Waals surface area contributed by atoms with Crippen molar-refractivity contribution in [2.24, 2.45) is 0 Å². The summed E-state index contributed by atoms with van der Waals surface area (Å²) in [5.41, 5.74) is 2.11. The summed E-state index contributed by atoms with van der Waals surface area (Å²) in [6.07, 6.45) is 0. The van der Waals surface area contributed by atoms with E-state index in [4.69, 9.17) is 4.74 Å². The lowest BCUT2D eigenvalue weighted by molar-refractivity contribution is 0.0977. The summed E-state index contributed by atoms with van der Waals surface area (Å²) in [6, 6.07) is 19.6. The fourth-order valence-electron chi connectivity index (χ4n) is 3.10. The predicted molar refractivity (Wildman–Crippen MR) is 95.8 cm³/mol. The Hall–Kier alpha value is -3.40. The Kier molecular flexibility index (Phi) is 3.58. The molecule has 4 rings (SSSR count). The standard InChI is InChI=1S/C21H15NO3/c1-22-16-11-12-17(25-13-7-3-2-4-8-13)19-18(16)20(23)14-9-5-6-10-15(14)21(19)24/h2-12,22H,1H3. The molecule has 0 aliphatic heterocycles. The molecular weight excluding hydrogens is 314 g/mol. The number of para-hydroxylation sites is 1. The summed E-state index contributed by atoms with van der Waals surface area (Å²) in [5, 5.41) is 3.00. The summed E-state index contributed by atoms with van der Waals surface area (Å²) in [6.45, 7) is 0. The maximum absolute atomic E-state index is 13.1. The first-order valence-electron chi connectivity index (χ1n) is 7.97. The molecule has 25 heavy (non-hydrogen) atoms. The summed E-state index contributed by atoms with van der Waals surface area (Å²) < 4.78 is 5.91. The van der Waals surface area contributed by atoms with Crippen LogP contribution in [0, 0.1) is 0 Å². The molecule has 0 fully saturated rings. The molecule has 3 aromatic carbocycles. The third kappa shape index (κ3) is 2.39.